The van der Waals surface area contributed by atoms with Crippen LogP contribution in [0.3, 0.4) is 0 Å². The minimum Gasteiger partial charge on any atom is -0.325 e. The van der Waals surface area contributed by atoms with Crippen molar-refractivity contribution in [3.05, 3.63) is 0 Å². The van der Waals surface area contributed by atoms with Crippen LogP contribution in [0.5, 0.6) is 0 Å². The van der Waals surface area contributed by atoms with E-state index in [4.69, 9.17) is 5.73 Å². The van der Waals surface area contributed by atoms with Gasteiger partial charge in [0.1, 0.15) is 0 Å². The highest BCUT2D eigenvalue weighted by atomic mass is 14.7. The van der Waals surface area contributed by atoms with Gasteiger partial charge in [0, 0.05) is 5.54 Å². The molecule has 0 aromatic heterocycles. The van der Waals surface area contributed by atoms with Crippen molar-refractivity contribution in [2.45, 2.75) is 71.3 Å². The molecule has 12 heavy (non-hydrogen) atoms. The van der Waals surface area contributed by atoms with E-state index >= 15 is 0 Å². The smallest absolute Gasteiger partial charge is 0.0125 e. The second-order valence-electron chi connectivity index (χ2n) is 4.21. The van der Waals surface area contributed by atoms with E-state index < -0.39 is 0 Å². The molecule has 0 amide bonds. The zero-order chi connectivity index (χ0) is 9.45. The van der Waals surface area contributed by atoms with E-state index in [0.717, 1.165) is 0 Å². The minimum atomic E-state index is 0.102. The van der Waals surface area contributed by atoms with E-state index in [1.807, 2.05) is 0 Å². The highest BCUT2D eigenvalue weighted by Crippen LogP contribution is 2.18. The summed E-state index contributed by atoms with van der Waals surface area (Å²) in [6, 6.07) is 0. The van der Waals surface area contributed by atoms with Crippen LogP contribution < -0.4 is 5.73 Å². The van der Waals surface area contributed by atoms with E-state index in [1.165, 1.54) is 44.9 Å². The van der Waals surface area contributed by atoms with Crippen molar-refractivity contribution in [2.24, 2.45) is 5.73 Å². The fourth-order valence-corrected chi connectivity index (χ4v) is 1.48. The fraction of sp³-hybridized carbons (Fsp3) is 1.00. The van der Waals surface area contributed by atoms with Gasteiger partial charge in [-0.05, 0) is 19.8 Å². The topological polar surface area (TPSA) is 26.0 Å². The molecule has 1 nitrogen and oxygen atoms in total. The molecule has 0 saturated heterocycles. The van der Waals surface area contributed by atoms with Crippen molar-refractivity contribution >= 4 is 0 Å². The maximum atomic E-state index is 6.14. The molecule has 1 heteroatoms. The van der Waals surface area contributed by atoms with Gasteiger partial charge in [-0.1, -0.05) is 46.0 Å². The van der Waals surface area contributed by atoms with Crippen LogP contribution >= 0.6 is 0 Å². The Morgan fingerprint density at radius 3 is 1.92 bits per heavy atom. The summed E-state index contributed by atoms with van der Waals surface area (Å²) in [5, 5.41) is 0. The maximum Gasteiger partial charge on any atom is 0.0125 e. The fourth-order valence-electron chi connectivity index (χ4n) is 1.48. The molecule has 0 heterocycles. The molecule has 1 atom stereocenters. The lowest BCUT2D eigenvalue weighted by Gasteiger charge is -2.24. The maximum absolute atomic E-state index is 6.14. The van der Waals surface area contributed by atoms with Gasteiger partial charge in [-0.3, -0.25) is 0 Å². The van der Waals surface area contributed by atoms with Crippen molar-refractivity contribution < 1.29 is 0 Å². The molecule has 0 aromatic carbocycles. The van der Waals surface area contributed by atoms with Crippen molar-refractivity contribution in [3.8, 4) is 0 Å². The molecule has 0 fully saturated rings. The van der Waals surface area contributed by atoms with Crippen molar-refractivity contribution in [1.29, 1.82) is 0 Å². The van der Waals surface area contributed by atoms with Gasteiger partial charge < -0.3 is 5.73 Å². The molecule has 0 aliphatic carbocycles. The summed E-state index contributed by atoms with van der Waals surface area (Å²) >= 11 is 0. The molecule has 74 valence electrons. The summed E-state index contributed by atoms with van der Waals surface area (Å²) in [7, 11) is 0. The highest BCUT2D eigenvalue weighted by Gasteiger charge is 2.16. The second-order valence-corrected chi connectivity index (χ2v) is 4.21. The van der Waals surface area contributed by atoms with Crippen LogP contribution in [0, 0.1) is 0 Å². The molecule has 0 rings (SSSR count). The first-order valence-electron chi connectivity index (χ1n) is 5.41. The zero-order valence-electron chi connectivity index (χ0n) is 9.03. The van der Waals surface area contributed by atoms with Gasteiger partial charge in [0.2, 0.25) is 0 Å². The predicted octanol–water partition coefficient (Wildman–Crippen LogP) is 3.47. The molecule has 2 N–H and O–H groups in total. The van der Waals surface area contributed by atoms with Crippen LogP contribution in [0.25, 0.3) is 0 Å². The molecule has 0 aromatic rings. The Bertz CT molecular complexity index is 97.2. The lowest BCUT2D eigenvalue weighted by molar-refractivity contribution is 0.372. The molecule has 0 spiro atoms. The third-order valence-corrected chi connectivity index (χ3v) is 2.45. The molecule has 0 saturated carbocycles. The van der Waals surface area contributed by atoms with Gasteiger partial charge in [0.15, 0.2) is 0 Å². The van der Waals surface area contributed by atoms with Crippen LogP contribution in [0.2, 0.25) is 0 Å². The van der Waals surface area contributed by atoms with Crippen LogP contribution in [-0.4, -0.2) is 5.54 Å². The van der Waals surface area contributed by atoms with E-state index in [2.05, 4.69) is 20.8 Å². The third kappa shape index (κ3) is 6.66. The molecule has 0 aliphatic rings. The quantitative estimate of drug-likeness (QED) is 0.583. The Balaban J connectivity index is 3.42. The number of hydrogen-bond acceptors (Lipinski definition) is 1. The number of rotatable bonds is 7. The number of unbranched alkanes of at least 4 members (excludes halogenated alkanes) is 3. The molecular formula is C11H25N. The van der Waals surface area contributed by atoms with Gasteiger partial charge >= 0.3 is 0 Å². The minimum absolute atomic E-state index is 0.102. The van der Waals surface area contributed by atoms with Gasteiger partial charge in [0.05, 0.1) is 0 Å². The Kier molecular flexibility index (Phi) is 6.45. The predicted molar refractivity (Wildman–Crippen MR) is 56.3 cm³/mol. The first-order valence-corrected chi connectivity index (χ1v) is 5.41. The average molecular weight is 171 g/mol. The summed E-state index contributed by atoms with van der Waals surface area (Å²) in [5.74, 6) is 0. The van der Waals surface area contributed by atoms with Crippen LogP contribution in [0.4, 0.5) is 0 Å². The van der Waals surface area contributed by atoms with Gasteiger partial charge in [-0.2, -0.15) is 0 Å². The van der Waals surface area contributed by atoms with Crippen LogP contribution in [0.1, 0.15) is 65.7 Å². The standard InChI is InChI=1S/C11H25N/c1-4-6-8-10-11(3,12)9-7-5-2/h4-10,12H2,1-3H3/t11-/m0/s1. The Labute approximate surface area is 77.7 Å². The summed E-state index contributed by atoms with van der Waals surface area (Å²) in [4.78, 5) is 0. The van der Waals surface area contributed by atoms with Crippen LogP contribution in [0.15, 0.2) is 0 Å². The van der Waals surface area contributed by atoms with Gasteiger partial charge in [0.25, 0.3) is 0 Å². The molecule has 0 radical (unpaired) electrons. The van der Waals surface area contributed by atoms with Crippen molar-refractivity contribution in [3.63, 3.8) is 0 Å². The molecule has 0 aliphatic heterocycles. The SMILES string of the molecule is CCCCC[C@@](C)(N)CCCC. The van der Waals surface area contributed by atoms with E-state index in [9.17, 15) is 0 Å². The summed E-state index contributed by atoms with van der Waals surface area (Å²) < 4.78 is 0. The van der Waals surface area contributed by atoms with Gasteiger partial charge in [-0.15, -0.1) is 0 Å². The second kappa shape index (κ2) is 6.47. The normalized spacial score (nSPS) is 16.0. The number of hydrogen-bond donors (Lipinski definition) is 1. The summed E-state index contributed by atoms with van der Waals surface area (Å²) in [5.41, 5.74) is 6.25. The van der Waals surface area contributed by atoms with Crippen molar-refractivity contribution in [1.82, 2.24) is 0 Å². The first kappa shape index (κ1) is 12.0. The highest BCUT2D eigenvalue weighted by molar-refractivity contribution is 4.77. The number of nitrogens with two attached hydrogens (primary N) is 1. The lowest BCUT2D eigenvalue weighted by atomic mass is 9.90. The van der Waals surface area contributed by atoms with E-state index in [-0.39, 0.29) is 5.54 Å². The van der Waals surface area contributed by atoms with Crippen LogP contribution in [-0.2, 0) is 0 Å². The lowest BCUT2D eigenvalue weighted by Crippen LogP contribution is -2.35. The van der Waals surface area contributed by atoms with Gasteiger partial charge in [-0.25, -0.2) is 0 Å². The molecule has 0 bridgehead atoms. The Morgan fingerprint density at radius 2 is 1.42 bits per heavy atom. The molecular weight excluding hydrogens is 146 g/mol. The third-order valence-electron chi connectivity index (χ3n) is 2.45. The Morgan fingerprint density at radius 1 is 0.917 bits per heavy atom. The largest absolute Gasteiger partial charge is 0.325 e. The zero-order valence-corrected chi connectivity index (χ0v) is 9.03. The summed E-state index contributed by atoms with van der Waals surface area (Å²) in [6.45, 7) is 6.65. The van der Waals surface area contributed by atoms with Crippen molar-refractivity contribution in [2.75, 3.05) is 0 Å². The monoisotopic (exact) mass is 171 g/mol. The molecule has 0 unspecified atom stereocenters. The van der Waals surface area contributed by atoms with E-state index in [0.29, 0.717) is 0 Å². The summed E-state index contributed by atoms with van der Waals surface area (Å²) in [6.07, 6.45) is 8.85. The first-order chi connectivity index (χ1) is 5.62. The average Bonchev–Trinajstić information content (AvgIpc) is 2.01. The Hall–Kier alpha value is -0.0400. The van der Waals surface area contributed by atoms with E-state index in [1.54, 1.807) is 0 Å².